The Kier molecular flexibility index (Phi) is 5.61. The van der Waals surface area contributed by atoms with Gasteiger partial charge in [0.2, 0.25) is 5.91 Å². The Bertz CT molecular complexity index is 1460. The van der Waals surface area contributed by atoms with Gasteiger partial charge in [-0.15, -0.1) is 0 Å². The second-order valence-corrected chi connectivity index (χ2v) is 7.24. The van der Waals surface area contributed by atoms with Crippen LogP contribution in [0.3, 0.4) is 0 Å². The molecule has 0 aliphatic carbocycles. The van der Waals surface area contributed by atoms with Crippen molar-refractivity contribution in [1.82, 2.24) is 14.5 Å². The standard InChI is InChI=1S/C21H15ClN4O6/c22-13-6-7-17-18(9-13)24(12-19(27)23-11-16-5-2-8-32-16)21(29)25(20(17)28)14-3-1-4-15(10-14)26(30)31/h1-10H,11-12H2,(H,23,27). The van der Waals surface area contributed by atoms with E-state index >= 15 is 0 Å². The molecule has 4 aromatic rings. The normalized spacial score (nSPS) is 10.9. The highest BCUT2D eigenvalue weighted by Gasteiger charge is 2.18. The zero-order valence-electron chi connectivity index (χ0n) is 16.4. The first-order valence-corrected chi connectivity index (χ1v) is 9.72. The maximum absolute atomic E-state index is 13.3. The fourth-order valence-electron chi connectivity index (χ4n) is 3.26. The largest absolute Gasteiger partial charge is 0.467 e. The van der Waals surface area contributed by atoms with Crippen molar-refractivity contribution < 1.29 is 14.1 Å². The molecule has 32 heavy (non-hydrogen) atoms. The fourth-order valence-corrected chi connectivity index (χ4v) is 3.43. The molecule has 0 unspecified atom stereocenters. The number of hydrogen-bond acceptors (Lipinski definition) is 6. The highest BCUT2D eigenvalue weighted by molar-refractivity contribution is 6.31. The number of carbonyl (C=O) groups excluding carboxylic acids is 1. The minimum atomic E-state index is -0.835. The minimum Gasteiger partial charge on any atom is -0.467 e. The smallest absolute Gasteiger partial charge is 0.336 e. The monoisotopic (exact) mass is 454 g/mol. The third-order valence-corrected chi connectivity index (χ3v) is 4.98. The van der Waals surface area contributed by atoms with Gasteiger partial charge in [-0.3, -0.25) is 24.3 Å². The zero-order valence-corrected chi connectivity index (χ0v) is 17.1. The summed E-state index contributed by atoms with van der Waals surface area (Å²) in [5.41, 5.74) is -1.63. The van der Waals surface area contributed by atoms with Gasteiger partial charge in [-0.2, -0.15) is 0 Å². The molecule has 0 aliphatic rings. The molecule has 0 saturated heterocycles. The van der Waals surface area contributed by atoms with Crippen molar-refractivity contribution in [2.45, 2.75) is 13.1 Å². The first-order chi connectivity index (χ1) is 15.3. The number of fused-ring (bicyclic) bond motifs is 1. The Morgan fingerprint density at radius 1 is 1.12 bits per heavy atom. The number of nitrogens with one attached hydrogen (secondary N) is 1. The zero-order chi connectivity index (χ0) is 22.8. The van der Waals surface area contributed by atoms with Crippen molar-refractivity contribution >= 4 is 34.1 Å². The highest BCUT2D eigenvalue weighted by Crippen LogP contribution is 2.18. The molecule has 0 spiro atoms. The molecular formula is C21H15ClN4O6. The number of nitro benzene ring substituents is 1. The molecule has 2 aromatic heterocycles. The molecule has 0 atom stereocenters. The van der Waals surface area contributed by atoms with Crippen LogP contribution in [0, 0.1) is 10.1 Å². The van der Waals surface area contributed by atoms with E-state index in [0.29, 0.717) is 5.76 Å². The fraction of sp³-hybridized carbons (Fsp3) is 0.0952. The number of rotatable bonds is 6. The van der Waals surface area contributed by atoms with E-state index in [-0.39, 0.29) is 33.8 Å². The Balaban J connectivity index is 1.84. The molecule has 0 aliphatic heterocycles. The van der Waals surface area contributed by atoms with Crippen LogP contribution in [0.25, 0.3) is 16.6 Å². The summed E-state index contributed by atoms with van der Waals surface area (Å²) >= 11 is 6.06. The maximum atomic E-state index is 13.3. The number of non-ortho nitro benzene ring substituents is 1. The summed E-state index contributed by atoms with van der Waals surface area (Å²) in [6.07, 6.45) is 1.47. The van der Waals surface area contributed by atoms with Gasteiger partial charge in [0.1, 0.15) is 12.3 Å². The first-order valence-electron chi connectivity index (χ1n) is 9.34. The summed E-state index contributed by atoms with van der Waals surface area (Å²) in [6, 6.07) is 12.8. The van der Waals surface area contributed by atoms with Crippen LogP contribution in [-0.2, 0) is 17.9 Å². The van der Waals surface area contributed by atoms with E-state index in [1.54, 1.807) is 12.1 Å². The van der Waals surface area contributed by atoms with Gasteiger partial charge >= 0.3 is 5.69 Å². The number of carbonyl (C=O) groups is 1. The summed E-state index contributed by atoms with van der Waals surface area (Å²) in [6.45, 7) is -0.296. The Morgan fingerprint density at radius 3 is 2.66 bits per heavy atom. The summed E-state index contributed by atoms with van der Waals surface area (Å²) in [4.78, 5) is 49.4. The van der Waals surface area contributed by atoms with Gasteiger partial charge in [0, 0.05) is 17.2 Å². The van der Waals surface area contributed by atoms with E-state index in [0.717, 1.165) is 15.2 Å². The lowest BCUT2D eigenvalue weighted by Gasteiger charge is -2.14. The van der Waals surface area contributed by atoms with E-state index in [2.05, 4.69) is 5.32 Å². The molecule has 0 fully saturated rings. The van der Waals surface area contributed by atoms with Crippen LogP contribution in [0.2, 0.25) is 5.02 Å². The molecule has 1 N–H and O–H groups in total. The number of benzene rings is 2. The second kappa shape index (κ2) is 8.52. The topological polar surface area (TPSA) is 129 Å². The van der Waals surface area contributed by atoms with Crippen LogP contribution in [0.15, 0.2) is 74.9 Å². The predicted octanol–water partition coefficient (Wildman–Crippen LogP) is 2.62. The van der Waals surface area contributed by atoms with E-state index in [4.69, 9.17) is 16.0 Å². The first kappa shape index (κ1) is 21.1. The molecule has 0 radical (unpaired) electrons. The van der Waals surface area contributed by atoms with E-state index in [1.165, 1.54) is 42.7 Å². The molecule has 2 heterocycles. The Labute approximate surface area is 184 Å². The molecule has 0 bridgehead atoms. The van der Waals surface area contributed by atoms with Gasteiger partial charge in [0.25, 0.3) is 11.2 Å². The number of nitro groups is 1. The van der Waals surface area contributed by atoms with Gasteiger partial charge in [-0.05, 0) is 36.4 Å². The summed E-state index contributed by atoms with van der Waals surface area (Å²) in [5, 5.41) is 14.2. The number of amides is 1. The number of furan rings is 1. The van der Waals surface area contributed by atoms with Crippen LogP contribution in [0.5, 0.6) is 0 Å². The lowest BCUT2D eigenvalue weighted by Crippen LogP contribution is -2.41. The van der Waals surface area contributed by atoms with Crippen LogP contribution < -0.4 is 16.6 Å². The Morgan fingerprint density at radius 2 is 1.94 bits per heavy atom. The van der Waals surface area contributed by atoms with Gasteiger partial charge in [0.05, 0.1) is 34.3 Å². The molecule has 162 valence electrons. The summed E-state index contributed by atoms with van der Waals surface area (Å²) in [7, 11) is 0. The number of halogens is 1. The molecule has 1 amide bonds. The van der Waals surface area contributed by atoms with E-state index < -0.39 is 28.6 Å². The van der Waals surface area contributed by atoms with Crippen molar-refractivity contribution in [3.05, 3.63) is 103 Å². The third kappa shape index (κ3) is 4.03. The van der Waals surface area contributed by atoms with E-state index in [9.17, 15) is 24.5 Å². The lowest BCUT2D eigenvalue weighted by molar-refractivity contribution is -0.384. The van der Waals surface area contributed by atoms with Crippen LogP contribution in [-0.4, -0.2) is 20.0 Å². The summed E-state index contributed by atoms with van der Waals surface area (Å²) < 4.78 is 7.06. The van der Waals surface area contributed by atoms with Crippen molar-refractivity contribution in [3.8, 4) is 5.69 Å². The molecule has 2 aromatic carbocycles. The van der Waals surface area contributed by atoms with Crippen molar-refractivity contribution in [1.29, 1.82) is 0 Å². The van der Waals surface area contributed by atoms with Crippen LogP contribution in [0.1, 0.15) is 5.76 Å². The molecule has 10 nitrogen and oxygen atoms in total. The number of nitrogens with zero attached hydrogens (tertiary/aromatic N) is 3. The van der Waals surface area contributed by atoms with E-state index in [1.807, 2.05) is 0 Å². The SMILES string of the molecule is O=C(Cn1c(=O)n(-c2cccc([N+](=O)[O-])c2)c(=O)c2ccc(Cl)cc21)NCc1ccco1. The average Bonchev–Trinajstić information content (AvgIpc) is 3.29. The van der Waals surface area contributed by atoms with Gasteiger partial charge in [-0.1, -0.05) is 17.7 Å². The average molecular weight is 455 g/mol. The minimum absolute atomic E-state index is 0.00999. The molecule has 4 rings (SSSR count). The molecule has 0 saturated carbocycles. The maximum Gasteiger partial charge on any atom is 0.336 e. The summed E-state index contributed by atoms with van der Waals surface area (Å²) in [5.74, 6) is 0.0224. The third-order valence-electron chi connectivity index (χ3n) is 4.75. The van der Waals surface area contributed by atoms with Gasteiger partial charge in [0.15, 0.2) is 0 Å². The van der Waals surface area contributed by atoms with Crippen molar-refractivity contribution in [2.75, 3.05) is 0 Å². The lowest BCUT2D eigenvalue weighted by atomic mass is 10.2. The Hall–Kier alpha value is -4.18. The van der Waals surface area contributed by atoms with Crippen LogP contribution in [0.4, 0.5) is 5.69 Å². The quantitative estimate of drug-likeness (QED) is 0.352. The van der Waals surface area contributed by atoms with Crippen molar-refractivity contribution in [3.63, 3.8) is 0 Å². The predicted molar refractivity (Wildman–Crippen MR) is 116 cm³/mol. The van der Waals surface area contributed by atoms with Gasteiger partial charge < -0.3 is 9.73 Å². The molecule has 11 heteroatoms. The van der Waals surface area contributed by atoms with Gasteiger partial charge in [-0.25, -0.2) is 9.36 Å². The van der Waals surface area contributed by atoms with Crippen molar-refractivity contribution in [2.24, 2.45) is 0 Å². The van der Waals surface area contributed by atoms with Crippen LogP contribution >= 0.6 is 11.6 Å². The molecular weight excluding hydrogens is 440 g/mol. The number of aromatic nitrogens is 2. The number of hydrogen-bond donors (Lipinski definition) is 1. The second-order valence-electron chi connectivity index (χ2n) is 6.80. The highest BCUT2D eigenvalue weighted by atomic mass is 35.5.